The van der Waals surface area contributed by atoms with E-state index in [4.69, 9.17) is 9.97 Å². The van der Waals surface area contributed by atoms with Crippen LogP contribution in [0, 0.1) is 0 Å². The van der Waals surface area contributed by atoms with E-state index in [1.54, 1.807) is 0 Å². The first kappa shape index (κ1) is 29.0. The van der Waals surface area contributed by atoms with E-state index < -0.39 is 0 Å². The molecule has 0 N–H and O–H groups in total. The molecule has 0 saturated heterocycles. The van der Waals surface area contributed by atoms with Gasteiger partial charge in [0.15, 0.2) is 5.82 Å². The summed E-state index contributed by atoms with van der Waals surface area (Å²) in [4.78, 5) is 10.4. The molecule has 2 nitrogen and oxygen atoms in total. The van der Waals surface area contributed by atoms with Crippen molar-refractivity contribution < 1.29 is 0 Å². The Kier molecular flexibility index (Phi) is 7.38. The smallest absolute Gasteiger partial charge is 0.160 e. The third-order valence-corrected chi connectivity index (χ3v) is 10.3. The summed E-state index contributed by atoms with van der Waals surface area (Å²) in [5, 5.41) is 2.57. The molecule has 49 heavy (non-hydrogen) atoms. The molecule has 230 valence electrons. The van der Waals surface area contributed by atoms with Crippen molar-refractivity contribution in [1.82, 2.24) is 9.97 Å². The Labute approximate surface area is 289 Å². The average molecular weight is 643 g/mol. The minimum absolute atomic E-state index is 0.703. The summed E-state index contributed by atoms with van der Waals surface area (Å²) in [6, 6.07) is 64.5. The molecule has 0 bridgehead atoms. The van der Waals surface area contributed by atoms with Crippen LogP contribution < -0.4 is 0 Å². The maximum atomic E-state index is 5.33. The summed E-state index contributed by atoms with van der Waals surface area (Å²) in [5.74, 6) is 0.703. The van der Waals surface area contributed by atoms with Crippen molar-refractivity contribution in [3.05, 3.63) is 182 Å². The van der Waals surface area contributed by atoms with Crippen molar-refractivity contribution in [3.8, 4) is 67.3 Å². The van der Waals surface area contributed by atoms with Gasteiger partial charge in [0.25, 0.3) is 0 Å². The van der Waals surface area contributed by atoms with Gasteiger partial charge in [-0.3, -0.25) is 0 Å². The molecule has 0 fully saturated rings. The summed E-state index contributed by atoms with van der Waals surface area (Å²) >= 11 is 1.85. The third-order valence-electron chi connectivity index (χ3n) is 9.10. The van der Waals surface area contributed by atoms with Crippen molar-refractivity contribution in [3.63, 3.8) is 0 Å². The average Bonchev–Trinajstić information content (AvgIpc) is 3.56. The number of aromatic nitrogens is 2. The van der Waals surface area contributed by atoms with Gasteiger partial charge in [0.2, 0.25) is 0 Å². The molecule has 0 aliphatic heterocycles. The maximum Gasteiger partial charge on any atom is 0.160 e. The summed E-state index contributed by atoms with van der Waals surface area (Å²) in [7, 11) is 0. The highest BCUT2D eigenvalue weighted by molar-refractivity contribution is 7.25. The maximum absolute atomic E-state index is 5.33. The molecular formula is C46H30N2S. The normalized spacial score (nSPS) is 11.3. The largest absolute Gasteiger partial charge is 0.228 e. The molecule has 9 rings (SSSR count). The van der Waals surface area contributed by atoms with Crippen LogP contribution in [0.5, 0.6) is 0 Å². The minimum atomic E-state index is 0.703. The fourth-order valence-electron chi connectivity index (χ4n) is 6.74. The fourth-order valence-corrected chi connectivity index (χ4v) is 7.82. The Morgan fingerprint density at radius 2 is 0.878 bits per heavy atom. The highest BCUT2D eigenvalue weighted by atomic mass is 32.1. The van der Waals surface area contributed by atoms with E-state index in [-0.39, 0.29) is 0 Å². The van der Waals surface area contributed by atoms with E-state index in [2.05, 4.69) is 158 Å². The zero-order valence-electron chi connectivity index (χ0n) is 26.6. The lowest BCUT2D eigenvalue weighted by Crippen LogP contribution is -1.99. The molecule has 0 aliphatic carbocycles. The van der Waals surface area contributed by atoms with Crippen LogP contribution in [-0.2, 0) is 0 Å². The lowest BCUT2D eigenvalue weighted by atomic mass is 9.85. The Morgan fingerprint density at radius 3 is 1.59 bits per heavy atom. The van der Waals surface area contributed by atoms with Crippen LogP contribution in [-0.4, -0.2) is 9.97 Å². The molecule has 0 radical (unpaired) electrons. The first-order chi connectivity index (χ1) is 24.3. The number of fused-ring (bicyclic) bond motifs is 3. The van der Waals surface area contributed by atoms with Crippen LogP contribution in [0.15, 0.2) is 182 Å². The molecule has 0 aliphatic rings. The van der Waals surface area contributed by atoms with Crippen LogP contribution in [0.25, 0.3) is 87.5 Å². The van der Waals surface area contributed by atoms with E-state index >= 15 is 0 Å². The number of hydrogen-bond donors (Lipinski definition) is 0. The Bertz CT molecular complexity index is 2520. The molecule has 0 atom stereocenters. The summed E-state index contributed by atoms with van der Waals surface area (Å²) in [6.45, 7) is 0. The van der Waals surface area contributed by atoms with E-state index in [0.717, 1.165) is 50.3 Å². The first-order valence-corrected chi connectivity index (χ1v) is 17.3. The Hall–Kier alpha value is -6.16. The lowest BCUT2D eigenvalue weighted by molar-refractivity contribution is 1.18. The molecular weight excluding hydrogens is 613 g/mol. The highest BCUT2D eigenvalue weighted by Crippen LogP contribution is 2.45. The van der Waals surface area contributed by atoms with E-state index in [1.807, 2.05) is 35.6 Å². The molecule has 0 saturated carbocycles. The Morgan fingerprint density at radius 1 is 0.327 bits per heavy atom. The van der Waals surface area contributed by atoms with Crippen molar-refractivity contribution in [2.45, 2.75) is 0 Å². The quantitative estimate of drug-likeness (QED) is 0.180. The second-order valence-corrected chi connectivity index (χ2v) is 13.3. The summed E-state index contributed by atoms with van der Waals surface area (Å²) in [5.41, 5.74) is 11.8. The van der Waals surface area contributed by atoms with Gasteiger partial charge >= 0.3 is 0 Å². The topological polar surface area (TPSA) is 25.8 Å². The predicted molar refractivity (Wildman–Crippen MR) is 208 cm³/mol. The van der Waals surface area contributed by atoms with Gasteiger partial charge in [-0.05, 0) is 69.8 Å². The van der Waals surface area contributed by atoms with Crippen molar-refractivity contribution >= 4 is 31.5 Å². The SMILES string of the molecule is c1ccc(-c2cc(-c3ccc4sc5ccccc5c4c3)c(-c3ccccc3)c(-c3cc(-c4ccccc4)nc(-c4ccccc4)n3)c2)cc1. The number of rotatable bonds is 6. The van der Waals surface area contributed by atoms with Gasteiger partial charge in [0.1, 0.15) is 0 Å². The van der Waals surface area contributed by atoms with E-state index in [0.29, 0.717) is 5.82 Å². The molecule has 0 spiro atoms. The van der Waals surface area contributed by atoms with Crippen molar-refractivity contribution in [1.29, 1.82) is 0 Å². The van der Waals surface area contributed by atoms with Gasteiger partial charge in [0.05, 0.1) is 11.4 Å². The van der Waals surface area contributed by atoms with Gasteiger partial charge in [-0.25, -0.2) is 9.97 Å². The minimum Gasteiger partial charge on any atom is -0.228 e. The number of thiophene rings is 1. The summed E-state index contributed by atoms with van der Waals surface area (Å²) in [6.07, 6.45) is 0. The Balaban J connectivity index is 1.38. The van der Waals surface area contributed by atoms with E-state index in [9.17, 15) is 0 Å². The molecule has 3 heteroatoms. The van der Waals surface area contributed by atoms with Crippen LogP contribution in [0.2, 0.25) is 0 Å². The van der Waals surface area contributed by atoms with Gasteiger partial charge in [0, 0.05) is 36.9 Å². The molecule has 7 aromatic carbocycles. The van der Waals surface area contributed by atoms with Crippen LogP contribution in [0.4, 0.5) is 0 Å². The number of nitrogens with zero attached hydrogens (tertiary/aromatic N) is 2. The molecule has 0 unspecified atom stereocenters. The highest BCUT2D eigenvalue weighted by Gasteiger charge is 2.20. The standard InChI is InChI=1S/C46H30N2S/c1-5-15-31(16-6-1)36-28-38(35-25-26-44-39(27-35)37-23-13-14-24-43(37)49-44)45(33-19-9-3-10-20-33)40(29-36)42-30-41(32-17-7-2-8-18-32)47-46(48-42)34-21-11-4-12-22-34/h1-30H. The predicted octanol–water partition coefficient (Wildman–Crippen LogP) is 12.8. The number of hydrogen-bond acceptors (Lipinski definition) is 3. The number of benzene rings is 7. The first-order valence-electron chi connectivity index (χ1n) is 16.5. The third kappa shape index (κ3) is 5.50. The van der Waals surface area contributed by atoms with Gasteiger partial charge in [-0.15, -0.1) is 11.3 Å². The molecule has 2 heterocycles. The zero-order chi connectivity index (χ0) is 32.6. The van der Waals surface area contributed by atoms with Crippen molar-refractivity contribution in [2.24, 2.45) is 0 Å². The molecule has 0 amide bonds. The zero-order valence-corrected chi connectivity index (χ0v) is 27.4. The summed E-state index contributed by atoms with van der Waals surface area (Å²) < 4.78 is 2.60. The fraction of sp³-hybridized carbons (Fsp3) is 0. The van der Waals surface area contributed by atoms with Gasteiger partial charge < -0.3 is 0 Å². The second kappa shape index (κ2) is 12.5. The molecule has 9 aromatic rings. The van der Waals surface area contributed by atoms with Crippen molar-refractivity contribution in [2.75, 3.05) is 0 Å². The van der Waals surface area contributed by atoms with Crippen LogP contribution in [0.3, 0.4) is 0 Å². The van der Waals surface area contributed by atoms with Gasteiger partial charge in [-0.2, -0.15) is 0 Å². The van der Waals surface area contributed by atoms with Crippen LogP contribution in [0.1, 0.15) is 0 Å². The van der Waals surface area contributed by atoms with Crippen LogP contribution >= 0.6 is 11.3 Å². The molecule has 2 aromatic heterocycles. The monoisotopic (exact) mass is 642 g/mol. The van der Waals surface area contributed by atoms with Gasteiger partial charge in [-0.1, -0.05) is 146 Å². The van der Waals surface area contributed by atoms with E-state index in [1.165, 1.54) is 31.3 Å². The second-order valence-electron chi connectivity index (χ2n) is 12.2. The lowest BCUT2D eigenvalue weighted by Gasteiger charge is -2.19.